The minimum absolute atomic E-state index is 0.0801. The number of carbonyl (C=O) groups excluding carboxylic acids is 3. The van der Waals surface area contributed by atoms with Gasteiger partial charge >= 0.3 is 17.9 Å². The number of unbranched alkanes of at least 4 members (excludes halogenated alkanes) is 37. The molecule has 6 nitrogen and oxygen atoms in total. The molecular formula is C76H132O6. The number of allylic oxidation sites excluding steroid dienone is 16. The lowest BCUT2D eigenvalue weighted by Crippen LogP contribution is -2.30. The maximum absolute atomic E-state index is 12.9. The predicted octanol–water partition coefficient (Wildman–Crippen LogP) is 24.4. The smallest absolute Gasteiger partial charge is 0.306 e. The first-order chi connectivity index (χ1) is 40.5. The largest absolute Gasteiger partial charge is 0.462 e. The van der Waals surface area contributed by atoms with Gasteiger partial charge in [-0.25, -0.2) is 0 Å². The Kier molecular flexibility index (Phi) is 66.7. The molecule has 0 aliphatic carbocycles. The van der Waals surface area contributed by atoms with Gasteiger partial charge in [-0.05, 0) is 122 Å². The molecule has 0 bridgehead atoms. The highest BCUT2D eigenvalue weighted by molar-refractivity contribution is 5.71. The second kappa shape index (κ2) is 69.8. The van der Waals surface area contributed by atoms with E-state index in [9.17, 15) is 14.4 Å². The molecule has 0 saturated heterocycles. The van der Waals surface area contributed by atoms with Crippen molar-refractivity contribution in [2.45, 2.75) is 354 Å². The van der Waals surface area contributed by atoms with Crippen LogP contribution in [-0.4, -0.2) is 37.2 Å². The van der Waals surface area contributed by atoms with Crippen LogP contribution in [0.25, 0.3) is 0 Å². The van der Waals surface area contributed by atoms with E-state index in [2.05, 4.69) is 118 Å². The Morgan fingerprint density at radius 3 is 0.780 bits per heavy atom. The van der Waals surface area contributed by atoms with Gasteiger partial charge in [0.25, 0.3) is 0 Å². The van der Waals surface area contributed by atoms with Crippen molar-refractivity contribution in [3.8, 4) is 0 Å². The minimum Gasteiger partial charge on any atom is -0.462 e. The molecule has 0 N–H and O–H groups in total. The lowest BCUT2D eigenvalue weighted by Gasteiger charge is -2.18. The number of carbonyl (C=O) groups is 3. The first kappa shape index (κ1) is 78.3. The lowest BCUT2D eigenvalue weighted by molar-refractivity contribution is -0.167. The van der Waals surface area contributed by atoms with E-state index in [0.29, 0.717) is 19.3 Å². The standard InChI is InChI=1S/C76H132O6/c1-4-7-10-13-16-19-22-25-27-29-31-33-35-36-37-38-39-40-42-43-45-47-49-51-54-57-60-63-66-69-75(78)81-72-73(71-80-74(77)68-65-62-59-56-53-24-21-18-15-12-9-6-3)82-76(79)70-67-64-61-58-55-52-50-48-46-44-41-34-32-30-28-26-23-20-17-14-11-8-5-2/h8,11,17-18,20-22,25-26,28-29,31-32,34-36,73H,4-7,9-10,12-16,19,23-24,27,30,33,37-72H2,1-3H3/b11-8-,20-17-,21-18-,25-22-,28-26-,31-29-,34-32-,36-35-. The Hall–Kier alpha value is -3.67. The molecule has 0 saturated carbocycles. The second-order valence-corrected chi connectivity index (χ2v) is 23.4. The van der Waals surface area contributed by atoms with Crippen LogP contribution in [0.2, 0.25) is 0 Å². The van der Waals surface area contributed by atoms with Crippen molar-refractivity contribution < 1.29 is 28.6 Å². The van der Waals surface area contributed by atoms with Gasteiger partial charge in [-0.3, -0.25) is 14.4 Å². The summed E-state index contributed by atoms with van der Waals surface area (Å²) < 4.78 is 17.0. The molecule has 0 heterocycles. The van der Waals surface area contributed by atoms with Gasteiger partial charge in [-0.15, -0.1) is 0 Å². The first-order valence-corrected chi connectivity index (χ1v) is 35.2. The van der Waals surface area contributed by atoms with Crippen molar-refractivity contribution in [2.75, 3.05) is 13.2 Å². The zero-order chi connectivity index (χ0) is 59.2. The topological polar surface area (TPSA) is 78.9 Å². The molecule has 0 rings (SSSR count). The van der Waals surface area contributed by atoms with Crippen LogP contribution in [0.5, 0.6) is 0 Å². The number of hydrogen-bond donors (Lipinski definition) is 0. The maximum atomic E-state index is 12.9. The van der Waals surface area contributed by atoms with Crippen LogP contribution in [0.4, 0.5) is 0 Å². The van der Waals surface area contributed by atoms with Gasteiger partial charge in [0.1, 0.15) is 13.2 Å². The molecule has 0 aromatic heterocycles. The normalized spacial score (nSPS) is 12.7. The summed E-state index contributed by atoms with van der Waals surface area (Å²) in [5.74, 6) is -0.880. The van der Waals surface area contributed by atoms with E-state index in [1.54, 1.807) is 0 Å². The summed E-state index contributed by atoms with van der Waals surface area (Å²) in [5, 5.41) is 0. The van der Waals surface area contributed by atoms with E-state index in [1.807, 2.05) is 0 Å². The Morgan fingerprint density at radius 1 is 0.256 bits per heavy atom. The van der Waals surface area contributed by atoms with Gasteiger partial charge in [0, 0.05) is 19.3 Å². The summed E-state index contributed by atoms with van der Waals surface area (Å²) in [5.41, 5.74) is 0. The fourth-order valence-corrected chi connectivity index (χ4v) is 10.0. The van der Waals surface area contributed by atoms with E-state index in [1.165, 1.54) is 205 Å². The first-order valence-electron chi connectivity index (χ1n) is 35.2. The van der Waals surface area contributed by atoms with Crippen molar-refractivity contribution in [1.29, 1.82) is 0 Å². The molecule has 0 aromatic carbocycles. The Bertz CT molecular complexity index is 1590. The van der Waals surface area contributed by atoms with E-state index >= 15 is 0 Å². The average Bonchev–Trinajstić information content (AvgIpc) is 3.47. The molecule has 0 spiro atoms. The molecule has 0 fully saturated rings. The van der Waals surface area contributed by atoms with Crippen LogP contribution in [0.15, 0.2) is 97.2 Å². The van der Waals surface area contributed by atoms with Crippen LogP contribution in [0.1, 0.15) is 348 Å². The van der Waals surface area contributed by atoms with Crippen molar-refractivity contribution >= 4 is 17.9 Å². The Labute approximate surface area is 508 Å². The summed E-state index contributed by atoms with van der Waals surface area (Å²) in [6.07, 6.45) is 94.3. The summed E-state index contributed by atoms with van der Waals surface area (Å²) in [4.78, 5) is 38.4. The van der Waals surface area contributed by atoms with E-state index < -0.39 is 6.10 Å². The molecule has 82 heavy (non-hydrogen) atoms. The molecule has 472 valence electrons. The van der Waals surface area contributed by atoms with Crippen LogP contribution < -0.4 is 0 Å². The zero-order valence-corrected chi connectivity index (χ0v) is 54.2. The van der Waals surface area contributed by atoms with Gasteiger partial charge in [-0.1, -0.05) is 304 Å². The van der Waals surface area contributed by atoms with Gasteiger partial charge in [0.05, 0.1) is 0 Å². The molecule has 0 radical (unpaired) electrons. The molecular weight excluding hydrogens is 1010 g/mol. The van der Waals surface area contributed by atoms with Crippen LogP contribution in [0.3, 0.4) is 0 Å². The van der Waals surface area contributed by atoms with Gasteiger partial charge < -0.3 is 14.2 Å². The van der Waals surface area contributed by atoms with E-state index in [4.69, 9.17) is 14.2 Å². The zero-order valence-electron chi connectivity index (χ0n) is 54.2. The Balaban J connectivity index is 4.24. The number of esters is 3. The second-order valence-electron chi connectivity index (χ2n) is 23.4. The molecule has 0 amide bonds. The van der Waals surface area contributed by atoms with Gasteiger partial charge in [0.15, 0.2) is 6.10 Å². The number of rotatable bonds is 64. The summed E-state index contributed by atoms with van der Waals surface area (Å²) in [6.45, 7) is 6.52. The SMILES string of the molecule is CC/C=C\C/C=C\C/C=C\C/C=C\CCCCCCCCCCCCC(=O)OC(COC(=O)CCCCCCC/C=C\CCCCC)COC(=O)CCCCCCCCCCCCCCCC/C=C\C/C=C\C/C=C\CCCCCCC. The van der Waals surface area contributed by atoms with Crippen molar-refractivity contribution in [3.63, 3.8) is 0 Å². The fraction of sp³-hybridized carbons (Fsp3) is 0.750. The van der Waals surface area contributed by atoms with Crippen molar-refractivity contribution in [1.82, 2.24) is 0 Å². The molecule has 6 heteroatoms. The van der Waals surface area contributed by atoms with Crippen LogP contribution in [-0.2, 0) is 28.6 Å². The summed E-state index contributed by atoms with van der Waals surface area (Å²) in [6, 6.07) is 0. The van der Waals surface area contributed by atoms with Crippen LogP contribution >= 0.6 is 0 Å². The number of hydrogen-bond acceptors (Lipinski definition) is 6. The monoisotopic (exact) mass is 1140 g/mol. The molecule has 0 aliphatic rings. The highest BCUT2D eigenvalue weighted by atomic mass is 16.6. The molecule has 0 aromatic rings. The highest BCUT2D eigenvalue weighted by Gasteiger charge is 2.19. The highest BCUT2D eigenvalue weighted by Crippen LogP contribution is 2.17. The minimum atomic E-state index is -0.785. The van der Waals surface area contributed by atoms with Gasteiger partial charge in [0.2, 0.25) is 0 Å². The Morgan fingerprint density at radius 2 is 0.476 bits per heavy atom. The van der Waals surface area contributed by atoms with Crippen molar-refractivity contribution in [3.05, 3.63) is 97.2 Å². The fourth-order valence-electron chi connectivity index (χ4n) is 10.0. The molecule has 1 unspecified atom stereocenters. The third-order valence-corrected chi connectivity index (χ3v) is 15.3. The third-order valence-electron chi connectivity index (χ3n) is 15.3. The molecule has 1 atom stereocenters. The third kappa shape index (κ3) is 67.1. The summed E-state index contributed by atoms with van der Waals surface area (Å²) in [7, 11) is 0. The van der Waals surface area contributed by atoms with Crippen molar-refractivity contribution in [2.24, 2.45) is 0 Å². The number of ether oxygens (including phenoxy) is 3. The van der Waals surface area contributed by atoms with Gasteiger partial charge in [-0.2, -0.15) is 0 Å². The van der Waals surface area contributed by atoms with E-state index in [-0.39, 0.29) is 31.1 Å². The van der Waals surface area contributed by atoms with Crippen LogP contribution in [0, 0.1) is 0 Å². The molecule has 0 aliphatic heterocycles. The quantitative estimate of drug-likeness (QED) is 0.0261. The average molecular weight is 1140 g/mol. The van der Waals surface area contributed by atoms with E-state index in [0.717, 1.165) is 103 Å². The lowest BCUT2D eigenvalue weighted by atomic mass is 10.0. The predicted molar refractivity (Wildman–Crippen MR) is 357 cm³/mol. The maximum Gasteiger partial charge on any atom is 0.306 e. The summed E-state index contributed by atoms with van der Waals surface area (Å²) >= 11 is 0.